The summed E-state index contributed by atoms with van der Waals surface area (Å²) < 4.78 is 39.7. The molecule has 4 nitrogen and oxygen atoms in total. The summed E-state index contributed by atoms with van der Waals surface area (Å²) in [7, 11) is 0. The van der Waals surface area contributed by atoms with Gasteiger partial charge < -0.3 is 10.2 Å². The smallest absolute Gasteiger partial charge is 0.244 e. The lowest BCUT2D eigenvalue weighted by molar-refractivity contribution is -0.120. The van der Waals surface area contributed by atoms with Gasteiger partial charge in [0.15, 0.2) is 17.5 Å². The third-order valence-corrected chi connectivity index (χ3v) is 3.40. The first-order valence-electron chi connectivity index (χ1n) is 7.08. The molecule has 2 aromatic rings. The van der Waals surface area contributed by atoms with Crippen LogP contribution in [0.3, 0.4) is 0 Å². The number of carbonyl (C=O) groups excluding carboxylic acids is 2. The van der Waals surface area contributed by atoms with Crippen LogP contribution in [0.4, 0.5) is 24.5 Å². The molecule has 0 aliphatic rings. The minimum absolute atomic E-state index is 0.384. The van der Waals surface area contributed by atoms with E-state index in [0.717, 1.165) is 11.6 Å². The van der Waals surface area contributed by atoms with Crippen molar-refractivity contribution in [3.63, 3.8) is 0 Å². The SMILES string of the molecule is CC(=O)N(CC(=O)Nc1ccc(F)c(F)c1F)c1ccccc1C. The Morgan fingerprint density at radius 2 is 1.71 bits per heavy atom. The summed E-state index contributed by atoms with van der Waals surface area (Å²) in [6, 6.07) is 8.56. The fourth-order valence-electron chi connectivity index (χ4n) is 2.19. The zero-order valence-electron chi connectivity index (χ0n) is 13.1. The Kier molecular flexibility index (Phi) is 5.23. The number of halogens is 3. The summed E-state index contributed by atoms with van der Waals surface area (Å²) in [5.41, 5.74) is 0.817. The molecule has 1 N–H and O–H groups in total. The Labute approximate surface area is 136 Å². The van der Waals surface area contributed by atoms with Crippen molar-refractivity contribution in [3.05, 3.63) is 59.4 Å². The van der Waals surface area contributed by atoms with Crippen molar-refractivity contribution in [2.75, 3.05) is 16.8 Å². The highest BCUT2D eigenvalue weighted by atomic mass is 19.2. The molecule has 0 unspecified atom stereocenters. The lowest BCUT2D eigenvalue weighted by atomic mass is 10.2. The van der Waals surface area contributed by atoms with Crippen molar-refractivity contribution in [2.45, 2.75) is 13.8 Å². The van der Waals surface area contributed by atoms with Gasteiger partial charge in [0.25, 0.3) is 0 Å². The highest BCUT2D eigenvalue weighted by molar-refractivity contribution is 6.02. The van der Waals surface area contributed by atoms with Crippen LogP contribution in [0.1, 0.15) is 12.5 Å². The number of nitrogens with zero attached hydrogens (tertiary/aromatic N) is 1. The van der Waals surface area contributed by atoms with Gasteiger partial charge in [-0.25, -0.2) is 13.2 Å². The molecule has 0 saturated carbocycles. The van der Waals surface area contributed by atoms with Crippen LogP contribution in [0.2, 0.25) is 0 Å². The summed E-state index contributed by atoms with van der Waals surface area (Å²) in [6.07, 6.45) is 0. The number of anilines is 2. The highest BCUT2D eigenvalue weighted by Crippen LogP contribution is 2.21. The lowest BCUT2D eigenvalue weighted by Crippen LogP contribution is -2.37. The molecule has 2 aromatic carbocycles. The molecular weight excluding hydrogens is 321 g/mol. The molecule has 0 radical (unpaired) electrons. The number of aryl methyl sites for hydroxylation is 1. The summed E-state index contributed by atoms with van der Waals surface area (Å²) in [4.78, 5) is 25.1. The van der Waals surface area contributed by atoms with Gasteiger partial charge in [0, 0.05) is 12.6 Å². The first-order valence-corrected chi connectivity index (χ1v) is 7.08. The molecular formula is C17H15F3N2O2. The molecule has 0 aliphatic carbocycles. The van der Waals surface area contributed by atoms with E-state index in [2.05, 4.69) is 5.32 Å². The monoisotopic (exact) mass is 336 g/mol. The average Bonchev–Trinajstić information content (AvgIpc) is 2.54. The summed E-state index contributed by atoms with van der Waals surface area (Å²) in [5.74, 6) is -5.64. The molecule has 0 fully saturated rings. The minimum Gasteiger partial charge on any atom is -0.322 e. The zero-order valence-corrected chi connectivity index (χ0v) is 13.1. The van der Waals surface area contributed by atoms with E-state index in [0.29, 0.717) is 11.8 Å². The van der Waals surface area contributed by atoms with Crippen LogP contribution in [-0.4, -0.2) is 18.4 Å². The Hall–Kier alpha value is -2.83. The van der Waals surface area contributed by atoms with Gasteiger partial charge in [0.05, 0.1) is 5.69 Å². The molecule has 0 aromatic heterocycles. The maximum Gasteiger partial charge on any atom is 0.244 e. The second-order valence-electron chi connectivity index (χ2n) is 5.16. The molecule has 2 rings (SSSR count). The largest absolute Gasteiger partial charge is 0.322 e. The summed E-state index contributed by atoms with van der Waals surface area (Å²) in [6.45, 7) is 2.68. The van der Waals surface area contributed by atoms with Crippen molar-refractivity contribution < 1.29 is 22.8 Å². The maximum absolute atomic E-state index is 13.6. The molecule has 0 heterocycles. The van der Waals surface area contributed by atoms with Gasteiger partial charge in [0.2, 0.25) is 11.8 Å². The molecule has 0 aliphatic heterocycles. The van der Waals surface area contributed by atoms with Crippen LogP contribution in [0.25, 0.3) is 0 Å². The zero-order chi connectivity index (χ0) is 17.9. The van der Waals surface area contributed by atoms with Crippen LogP contribution in [0, 0.1) is 24.4 Å². The van der Waals surface area contributed by atoms with E-state index in [1.54, 1.807) is 31.2 Å². The molecule has 126 valence electrons. The third kappa shape index (κ3) is 3.73. The third-order valence-electron chi connectivity index (χ3n) is 3.40. The van der Waals surface area contributed by atoms with E-state index in [1.807, 2.05) is 0 Å². The van der Waals surface area contributed by atoms with Gasteiger partial charge in [-0.05, 0) is 30.7 Å². The van der Waals surface area contributed by atoms with Gasteiger partial charge in [-0.1, -0.05) is 18.2 Å². The van der Waals surface area contributed by atoms with Crippen LogP contribution in [0.5, 0.6) is 0 Å². The van der Waals surface area contributed by atoms with Crippen LogP contribution in [-0.2, 0) is 9.59 Å². The van der Waals surface area contributed by atoms with Crippen molar-refractivity contribution >= 4 is 23.2 Å². The van der Waals surface area contributed by atoms with E-state index in [4.69, 9.17) is 0 Å². The molecule has 0 bridgehead atoms. The second-order valence-corrected chi connectivity index (χ2v) is 5.16. The predicted octanol–water partition coefficient (Wildman–Crippen LogP) is 3.40. The quantitative estimate of drug-likeness (QED) is 0.870. The summed E-state index contributed by atoms with van der Waals surface area (Å²) >= 11 is 0. The number of amides is 2. The van der Waals surface area contributed by atoms with Crippen molar-refractivity contribution in [1.29, 1.82) is 0 Å². The molecule has 0 saturated heterocycles. The minimum atomic E-state index is -1.67. The van der Waals surface area contributed by atoms with E-state index in [-0.39, 0.29) is 5.91 Å². The van der Waals surface area contributed by atoms with E-state index in [1.165, 1.54) is 11.8 Å². The number of nitrogens with one attached hydrogen (secondary N) is 1. The number of para-hydroxylation sites is 1. The van der Waals surface area contributed by atoms with E-state index < -0.39 is 35.6 Å². The first-order chi connectivity index (χ1) is 11.3. The normalized spacial score (nSPS) is 10.4. The van der Waals surface area contributed by atoms with Gasteiger partial charge in [-0.2, -0.15) is 0 Å². The predicted molar refractivity (Wildman–Crippen MR) is 84.2 cm³/mol. The topological polar surface area (TPSA) is 49.4 Å². The van der Waals surface area contributed by atoms with Gasteiger partial charge in [-0.3, -0.25) is 9.59 Å². The maximum atomic E-state index is 13.6. The van der Waals surface area contributed by atoms with E-state index >= 15 is 0 Å². The highest BCUT2D eigenvalue weighted by Gasteiger charge is 2.20. The second kappa shape index (κ2) is 7.16. The molecule has 2 amide bonds. The number of carbonyl (C=O) groups is 2. The fraction of sp³-hybridized carbons (Fsp3) is 0.176. The number of hydrogen-bond acceptors (Lipinski definition) is 2. The van der Waals surface area contributed by atoms with Crippen LogP contribution >= 0.6 is 0 Å². The Morgan fingerprint density at radius 1 is 1.04 bits per heavy atom. The van der Waals surface area contributed by atoms with Crippen LogP contribution in [0.15, 0.2) is 36.4 Å². The Bertz CT molecular complexity index is 793. The first kappa shape index (κ1) is 17.5. The van der Waals surface area contributed by atoms with Crippen LogP contribution < -0.4 is 10.2 Å². The molecule has 24 heavy (non-hydrogen) atoms. The van der Waals surface area contributed by atoms with Crippen molar-refractivity contribution in [1.82, 2.24) is 0 Å². The molecule has 7 heteroatoms. The van der Waals surface area contributed by atoms with Crippen molar-refractivity contribution in [3.8, 4) is 0 Å². The van der Waals surface area contributed by atoms with Gasteiger partial charge in [-0.15, -0.1) is 0 Å². The van der Waals surface area contributed by atoms with E-state index in [9.17, 15) is 22.8 Å². The fourth-order valence-corrected chi connectivity index (χ4v) is 2.19. The average molecular weight is 336 g/mol. The van der Waals surface area contributed by atoms with Crippen molar-refractivity contribution in [2.24, 2.45) is 0 Å². The summed E-state index contributed by atoms with van der Waals surface area (Å²) in [5, 5.41) is 2.14. The molecule has 0 spiro atoms. The Balaban J connectivity index is 2.20. The standard InChI is InChI=1S/C17H15F3N2O2/c1-10-5-3-4-6-14(10)22(11(2)23)9-15(24)21-13-8-7-12(18)16(19)17(13)20/h3-8H,9H2,1-2H3,(H,21,24). The number of benzene rings is 2. The lowest BCUT2D eigenvalue weighted by Gasteiger charge is -2.22. The Morgan fingerprint density at radius 3 is 2.33 bits per heavy atom. The van der Waals surface area contributed by atoms with Gasteiger partial charge in [0.1, 0.15) is 6.54 Å². The van der Waals surface area contributed by atoms with Gasteiger partial charge >= 0.3 is 0 Å². The number of rotatable bonds is 4. The number of hydrogen-bond donors (Lipinski definition) is 1. The molecule has 0 atom stereocenters.